The third-order valence-corrected chi connectivity index (χ3v) is 5.10. The highest BCUT2D eigenvalue weighted by Gasteiger charge is 2.16. The smallest absolute Gasteiger partial charge is 0.303 e. The van der Waals surface area contributed by atoms with E-state index in [1.165, 1.54) is 12.5 Å². The van der Waals surface area contributed by atoms with Gasteiger partial charge in [0.1, 0.15) is 0 Å². The Bertz CT molecular complexity index is 1100. The topological polar surface area (TPSA) is 76.7 Å². The first-order valence-corrected chi connectivity index (χ1v) is 10.3. The molecule has 3 aromatic rings. The summed E-state index contributed by atoms with van der Waals surface area (Å²) in [5, 5.41) is 4.11. The molecule has 158 valence electrons. The number of likely N-dealkylation sites (N-methyl/N-ethyl adjacent to an activating group) is 1. The Morgan fingerprint density at radius 2 is 2.03 bits per heavy atom. The second kappa shape index (κ2) is 9.67. The summed E-state index contributed by atoms with van der Waals surface area (Å²) in [7, 11) is 1.97. The van der Waals surface area contributed by atoms with Crippen molar-refractivity contribution in [3.63, 3.8) is 0 Å². The summed E-state index contributed by atoms with van der Waals surface area (Å²) in [6.45, 7) is 8.20. The molecule has 0 spiro atoms. The monoisotopic (exact) mass is 407 g/mol. The standard InChI is InChI=1S/C24H29N3O3/c1-6-18(14-25-5)19-10-8-11-20(13-19)26-24-22-15(2)9-7-12-21(22)27-23(30-24)16(3)29-17(4)28/h7-13,16,18,25H,6,14H2,1-5H3/b26-24-/t16-,18?/m0/s1. The molecule has 6 nitrogen and oxygen atoms in total. The Hall–Kier alpha value is -2.99. The van der Waals surface area contributed by atoms with Crippen molar-refractivity contribution < 1.29 is 13.9 Å². The predicted molar refractivity (Wildman–Crippen MR) is 118 cm³/mol. The highest BCUT2D eigenvalue weighted by molar-refractivity contribution is 5.80. The van der Waals surface area contributed by atoms with Crippen LogP contribution in [0.15, 0.2) is 51.9 Å². The van der Waals surface area contributed by atoms with E-state index in [1.807, 2.05) is 44.3 Å². The van der Waals surface area contributed by atoms with Crippen LogP contribution in [0.4, 0.5) is 5.69 Å². The number of hydrogen-bond donors (Lipinski definition) is 1. The highest BCUT2D eigenvalue weighted by atomic mass is 16.6. The summed E-state index contributed by atoms with van der Waals surface area (Å²) < 4.78 is 11.3. The van der Waals surface area contributed by atoms with Crippen molar-refractivity contribution in [2.24, 2.45) is 4.99 Å². The molecule has 2 atom stereocenters. The summed E-state index contributed by atoms with van der Waals surface area (Å²) in [4.78, 5) is 20.8. The molecule has 0 amide bonds. The summed E-state index contributed by atoms with van der Waals surface area (Å²) in [5.74, 6) is 0.350. The molecule has 30 heavy (non-hydrogen) atoms. The van der Waals surface area contributed by atoms with Crippen molar-refractivity contribution in [2.75, 3.05) is 13.6 Å². The zero-order valence-corrected chi connectivity index (χ0v) is 18.2. The molecule has 0 aliphatic heterocycles. The summed E-state index contributed by atoms with van der Waals surface area (Å²) in [6.07, 6.45) is 0.434. The summed E-state index contributed by atoms with van der Waals surface area (Å²) >= 11 is 0. The molecule has 0 saturated carbocycles. The van der Waals surface area contributed by atoms with Gasteiger partial charge >= 0.3 is 5.97 Å². The van der Waals surface area contributed by atoms with Crippen LogP contribution in [0.3, 0.4) is 0 Å². The Balaban J connectivity index is 2.16. The number of ether oxygens (including phenoxy) is 1. The quantitative estimate of drug-likeness (QED) is 0.574. The lowest BCUT2D eigenvalue weighted by atomic mass is 9.96. The molecule has 0 saturated heterocycles. The molecule has 2 aromatic carbocycles. The number of benzene rings is 2. The van der Waals surface area contributed by atoms with Gasteiger partial charge in [0.15, 0.2) is 6.10 Å². The first-order chi connectivity index (χ1) is 14.4. The lowest BCUT2D eigenvalue weighted by Gasteiger charge is -2.15. The molecule has 1 unspecified atom stereocenters. The van der Waals surface area contributed by atoms with Crippen LogP contribution < -0.4 is 10.9 Å². The lowest BCUT2D eigenvalue weighted by molar-refractivity contribution is -0.146. The largest absolute Gasteiger partial charge is 0.453 e. The van der Waals surface area contributed by atoms with Crippen LogP contribution in [-0.2, 0) is 9.53 Å². The minimum atomic E-state index is -0.604. The molecule has 6 heteroatoms. The summed E-state index contributed by atoms with van der Waals surface area (Å²) in [6, 6.07) is 14.1. The Kier molecular flexibility index (Phi) is 7.00. The van der Waals surface area contributed by atoms with Crippen molar-refractivity contribution in [3.8, 4) is 0 Å². The van der Waals surface area contributed by atoms with E-state index in [-0.39, 0.29) is 5.97 Å². The molecule has 0 fully saturated rings. The van der Waals surface area contributed by atoms with Crippen molar-refractivity contribution in [1.82, 2.24) is 10.3 Å². The lowest BCUT2D eigenvalue weighted by Crippen LogP contribution is -2.16. The summed E-state index contributed by atoms with van der Waals surface area (Å²) in [5.41, 5.74) is 4.29. The number of esters is 1. The van der Waals surface area contributed by atoms with Gasteiger partial charge in [-0.2, -0.15) is 0 Å². The van der Waals surface area contributed by atoms with Gasteiger partial charge < -0.3 is 14.5 Å². The number of nitrogens with one attached hydrogen (secondary N) is 1. The molecular weight excluding hydrogens is 378 g/mol. The number of hydrogen-bond acceptors (Lipinski definition) is 6. The van der Waals surface area contributed by atoms with Crippen LogP contribution >= 0.6 is 0 Å². The average molecular weight is 408 g/mol. The fraction of sp³-hybridized carbons (Fsp3) is 0.375. The number of carbonyl (C=O) groups excluding carboxylic acids is 1. The number of fused-ring (bicyclic) bond motifs is 1. The number of aryl methyl sites for hydroxylation is 1. The van der Waals surface area contributed by atoms with E-state index >= 15 is 0 Å². The van der Waals surface area contributed by atoms with Crippen LogP contribution in [0.5, 0.6) is 0 Å². The van der Waals surface area contributed by atoms with E-state index in [2.05, 4.69) is 29.4 Å². The molecular formula is C24H29N3O3. The minimum absolute atomic E-state index is 0.319. The molecule has 0 bridgehead atoms. The minimum Gasteiger partial charge on any atom is -0.453 e. The van der Waals surface area contributed by atoms with E-state index in [0.29, 0.717) is 17.4 Å². The van der Waals surface area contributed by atoms with Crippen LogP contribution in [-0.4, -0.2) is 24.5 Å². The molecule has 3 rings (SSSR count). The molecule has 0 aliphatic rings. The SMILES string of the molecule is CCC(CNC)c1cccc(/N=c2\oc([C@H](C)OC(C)=O)nc3cccc(C)c23)c1. The van der Waals surface area contributed by atoms with Crippen LogP contribution in [0.25, 0.3) is 10.9 Å². The highest BCUT2D eigenvalue weighted by Crippen LogP contribution is 2.24. The van der Waals surface area contributed by atoms with Gasteiger partial charge in [-0.3, -0.25) is 4.79 Å². The fourth-order valence-corrected chi connectivity index (χ4v) is 3.58. The van der Waals surface area contributed by atoms with Gasteiger partial charge in [-0.05, 0) is 62.6 Å². The average Bonchev–Trinajstić information content (AvgIpc) is 2.71. The van der Waals surface area contributed by atoms with Crippen molar-refractivity contribution in [2.45, 2.75) is 46.1 Å². The van der Waals surface area contributed by atoms with Crippen molar-refractivity contribution >= 4 is 22.6 Å². The zero-order valence-electron chi connectivity index (χ0n) is 18.2. The van der Waals surface area contributed by atoms with E-state index in [0.717, 1.165) is 35.1 Å². The maximum absolute atomic E-state index is 11.4. The third kappa shape index (κ3) is 4.94. The molecule has 1 aromatic heterocycles. The number of nitrogens with zero attached hydrogens (tertiary/aromatic N) is 2. The molecule has 0 radical (unpaired) electrons. The van der Waals surface area contributed by atoms with Gasteiger partial charge in [-0.1, -0.05) is 31.2 Å². The zero-order chi connectivity index (χ0) is 21.7. The van der Waals surface area contributed by atoms with E-state index in [1.54, 1.807) is 6.92 Å². The van der Waals surface area contributed by atoms with E-state index in [9.17, 15) is 4.79 Å². The predicted octanol–water partition coefficient (Wildman–Crippen LogP) is 4.71. The van der Waals surface area contributed by atoms with Gasteiger partial charge in [-0.25, -0.2) is 9.98 Å². The first-order valence-electron chi connectivity index (χ1n) is 10.3. The Morgan fingerprint density at radius 1 is 1.27 bits per heavy atom. The van der Waals surface area contributed by atoms with Crippen molar-refractivity contribution in [3.05, 3.63) is 65.0 Å². The van der Waals surface area contributed by atoms with Crippen LogP contribution in [0.1, 0.15) is 56.2 Å². The maximum atomic E-state index is 11.4. The van der Waals surface area contributed by atoms with Crippen LogP contribution in [0, 0.1) is 6.92 Å². The van der Waals surface area contributed by atoms with Gasteiger partial charge in [0, 0.05) is 13.5 Å². The number of carbonyl (C=O) groups is 1. The van der Waals surface area contributed by atoms with Crippen molar-refractivity contribution in [1.29, 1.82) is 0 Å². The third-order valence-electron chi connectivity index (χ3n) is 5.10. The van der Waals surface area contributed by atoms with E-state index in [4.69, 9.17) is 14.1 Å². The Morgan fingerprint density at radius 3 is 2.73 bits per heavy atom. The van der Waals surface area contributed by atoms with Gasteiger partial charge in [0.25, 0.3) is 0 Å². The van der Waals surface area contributed by atoms with Gasteiger partial charge in [0.2, 0.25) is 11.4 Å². The number of aromatic nitrogens is 1. The Labute approximate surface area is 177 Å². The van der Waals surface area contributed by atoms with Gasteiger partial charge in [-0.15, -0.1) is 0 Å². The second-order valence-electron chi connectivity index (χ2n) is 7.45. The maximum Gasteiger partial charge on any atom is 0.303 e. The molecule has 1 N–H and O–H groups in total. The number of rotatable bonds is 7. The van der Waals surface area contributed by atoms with E-state index < -0.39 is 6.10 Å². The fourth-order valence-electron chi connectivity index (χ4n) is 3.58. The van der Waals surface area contributed by atoms with Crippen LogP contribution in [0.2, 0.25) is 0 Å². The molecule has 1 heterocycles. The van der Waals surface area contributed by atoms with Gasteiger partial charge in [0.05, 0.1) is 16.6 Å². The second-order valence-corrected chi connectivity index (χ2v) is 7.45. The normalized spacial score (nSPS) is 14.0. The first kappa shape index (κ1) is 21.7. The molecule has 0 aliphatic carbocycles.